The van der Waals surface area contributed by atoms with Crippen LogP contribution in [0.1, 0.15) is 12.0 Å². The van der Waals surface area contributed by atoms with E-state index in [2.05, 4.69) is 20.5 Å². The van der Waals surface area contributed by atoms with Crippen LogP contribution in [0, 0.1) is 0 Å². The number of anilines is 1. The molecule has 1 amide bonds. The van der Waals surface area contributed by atoms with E-state index >= 15 is 0 Å². The maximum atomic E-state index is 11.7. The number of morpholine rings is 1. The van der Waals surface area contributed by atoms with E-state index in [-0.39, 0.29) is 30.7 Å². The zero-order chi connectivity index (χ0) is 14.2. The standard InChI is InChI=1S/C14H22N4O2.2ClH/c1-15-6-4-13(19)17-11-12-3-2-5-16-14(12)18-7-9-20-10-8-18;;/h2-3,5,15H,4,6-11H2,1H3,(H,17,19);2*1H. The molecule has 1 aromatic rings. The Bertz CT molecular complexity index is 443. The fourth-order valence-electron chi connectivity index (χ4n) is 2.15. The van der Waals surface area contributed by atoms with Gasteiger partial charge in [-0.3, -0.25) is 4.79 Å². The highest BCUT2D eigenvalue weighted by molar-refractivity contribution is 5.85. The van der Waals surface area contributed by atoms with Crippen LogP contribution < -0.4 is 15.5 Å². The fourth-order valence-corrected chi connectivity index (χ4v) is 2.15. The van der Waals surface area contributed by atoms with Crippen LogP contribution in [0.3, 0.4) is 0 Å². The number of nitrogens with one attached hydrogen (secondary N) is 2. The number of rotatable bonds is 6. The SMILES string of the molecule is CNCCC(=O)NCc1cccnc1N1CCOCC1.Cl.Cl. The maximum absolute atomic E-state index is 11.7. The minimum atomic E-state index is 0. The molecule has 8 heteroatoms. The molecule has 126 valence electrons. The molecule has 0 atom stereocenters. The summed E-state index contributed by atoms with van der Waals surface area (Å²) < 4.78 is 5.36. The average Bonchev–Trinajstić information content (AvgIpc) is 2.52. The van der Waals surface area contributed by atoms with Crippen LogP contribution in [-0.4, -0.2) is 50.8 Å². The highest BCUT2D eigenvalue weighted by atomic mass is 35.5. The Balaban J connectivity index is 0.00000220. The molecule has 2 rings (SSSR count). The van der Waals surface area contributed by atoms with E-state index in [4.69, 9.17) is 4.74 Å². The summed E-state index contributed by atoms with van der Waals surface area (Å²) in [6.07, 6.45) is 2.28. The molecule has 6 nitrogen and oxygen atoms in total. The van der Waals surface area contributed by atoms with Crippen molar-refractivity contribution in [3.63, 3.8) is 0 Å². The third-order valence-electron chi connectivity index (χ3n) is 3.26. The van der Waals surface area contributed by atoms with E-state index in [1.165, 1.54) is 0 Å². The number of pyridine rings is 1. The second-order valence-electron chi connectivity index (χ2n) is 4.72. The highest BCUT2D eigenvalue weighted by Gasteiger charge is 2.15. The smallest absolute Gasteiger partial charge is 0.221 e. The first-order valence-electron chi connectivity index (χ1n) is 6.99. The summed E-state index contributed by atoms with van der Waals surface area (Å²) in [5.74, 6) is 1.00. The van der Waals surface area contributed by atoms with Crippen molar-refractivity contribution in [3.05, 3.63) is 23.9 Å². The van der Waals surface area contributed by atoms with Gasteiger partial charge in [0.15, 0.2) is 0 Å². The van der Waals surface area contributed by atoms with Gasteiger partial charge in [0.2, 0.25) is 5.91 Å². The molecular weight excluding hydrogens is 327 g/mol. The molecule has 0 radical (unpaired) electrons. The molecule has 0 aliphatic carbocycles. The number of amides is 1. The first kappa shape index (κ1) is 20.9. The van der Waals surface area contributed by atoms with Crippen LogP contribution in [0.2, 0.25) is 0 Å². The van der Waals surface area contributed by atoms with Crippen LogP contribution in [0.15, 0.2) is 18.3 Å². The molecule has 0 unspecified atom stereocenters. The van der Waals surface area contributed by atoms with Gasteiger partial charge in [0, 0.05) is 44.4 Å². The van der Waals surface area contributed by atoms with E-state index in [0.717, 1.165) is 37.7 Å². The zero-order valence-corrected chi connectivity index (χ0v) is 14.3. The lowest BCUT2D eigenvalue weighted by Gasteiger charge is -2.29. The number of carbonyl (C=O) groups excluding carboxylic acids is 1. The molecule has 1 aliphatic rings. The molecule has 0 spiro atoms. The number of ether oxygens (including phenoxy) is 1. The molecule has 1 aliphatic heterocycles. The minimum absolute atomic E-state index is 0. The van der Waals surface area contributed by atoms with Crippen molar-refractivity contribution in [3.8, 4) is 0 Å². The van der Waals surface area contributed by atoms with Gasteiger partial charge in [-0.25, -0.2) is 4.98 Å². The number of nitrogens with zero attached hydrogens (tertiary/aromatic N) is 2. The summed E-state index contributed by atoms with van der Waals surface area (Å²) >= 11 is 0. The predicted molar refractivity (Wildman–Crippen MR) is 92.2 cm³/mol. The van der Waals surface area contributed by atoms with E-state index < -0.39 is 0 Å². The highest BCUT2D eigenvalue weighted by Crippen LogP contribution is 2.18. The Morgan fingerprint density at radius 3 is 2.77 bits per heavy atom. The number of halogens is 2. The summed E-state index contributed by atoms with van der Waals surface area (Å²) in [5, 5.41) is 5.90. The molecule has 0 saturated carbocycles. The Morgan fingerprint density at radius 2 is 2.09 bits per heavy atom. The number of hydrogen-bond donors (Lipinski definition) is 2. The van der Waals surface area contributed by atoms with Crippen molar-refractivity contribution in [2.75, 3.05) is 44.8 Å². The lowest BCUT2D eigenvalue weighted by Crippen LogP contribution is -2.38. The van der Waals surface area contributed by atoms with Crippen LogP contribution in [0.5, 0.6) is 0 Å². The van der Waals surface area contributed by atoms with Gasteiger partial charge in [-0.15, -0.1) is 24.8 Å². The molecule has 0 bridgehead atoms. The van der Waals surface area contributed by atoms with Gasteiger partial charge in [0.1, 0.15) is 5.82 Å². The first-order valence-corrected chi connectivity index (χ1v) is 6.99. The third kappa shape index (κ3) is 6.36. The molecule has 0 aromatic carbocycles. The zero-order valence-electron chi connectivity index (χ0n) is 12.7. The maximum Gasteiger partial charge on any atom is 0.221 e. The van der Waals surface area contributed by atoms with Gasteiger partial charge in [0.25, 0.3) is 0 Å². The van der Waals surface area contributed by atoms with Crippen molar-refractivity contribution in [1.29, 1.82) is 0 Å². The second-order valence-corrected chi connectivity index (χ2v) is 4.72. The van der Waals surface area contributed by atoms with E-state index in [0.29, 0.717) is 19.5 Å². The normalized spacial score (nSPS) is 13.8. The summed E-state index contributed by atoms with van der Waals surface area (Å²) in [7, 11) is 1.84. The lowest BCUT2D eigenvalue weighted by molar-refractivity contribution is -0.121. The monoisotopic (exact) mass is 350 g/mol. The van der Waals surface area contributed by atoms with Crippen molar-refractivity contribution in [1.82, 2.24) is 15.6 Å². The summed E-state index contributed by atoms with van der Waals surface area (Å²) in [6, 6.07) is 3.91. The Morgan fingerprint density at radius 1 is 1.36 bits per heavy atom. The van der Waals surface area contributed by atoms with Crippen molar-refractivity contribution < 1.29 is 9.53 Å². The average molecular weight is 351 g/mol. The second kappa shape index (κ2) is 11.5. The fraction of sp³-hybridized carbons (Fsp3) is 0.571. The van der Waals surface area contributed by atoms with Gasteiger partial charge >= 0.3 is 0 Å². The number of carbonyl (C=O) groups is 1. The van der Waals surface area contributed by atoms with Gasteiger partial charge < -0.3 is 20.3 Å². The Kier molecular flexibility index (Phi) is 10.9. The third-order valence-corrected chi connectivity index (χ3v) is 3.26. The van der Waals surface area contributed by atoms with Gasteiger partial charge in [0.05, 0.1) is 13.2 Å². The Labute approximate surface area is 143 Å². The van der Waals surface area contributed by atoms with Crippen molar-refractivity contribution in [2.24, 2.45) is 0 Å². The van der Waals surface area contributed by atoms with Crippen LogP contribution in [0.4, 0.5) is 5.82 Å². The van der Waals surface area contributed by atoms with Crippen molar-refractivity contribution >= 4 is 36.5 Å². The molecule has 2 N–H and O–H groups in total. The summed E-state index contributed by atoms with van der Waals surface area (Å²) in [6.45, 7) is 4.35. The lowest BCUT2D eigenvalue weighted by atomic mass is 10.2. The summed E-state index contributed by atoms with van der Waals surface area (Å²) in [4.78, 5) is 18.3. The van der Waals surface area contributed by atoms with Crippen LogP contribution in [0.25, 0.3) is 0 Å². The van der Waals surface area contributed by atoms with E-state index in [1.807, 2.05) is 19.2 Å². The quantitative estimate of drug-likeness (QED) is 0.800. The van der Waals surface area contributed by atoms with Crippen molar-refractivity contribution in [2.45, 2.75) is 13.0 Å². The molecule has 22 heavy (non-hydrogen) atoms. The van der Waals surface area contributed by atoms with Gasteiger partial charge in [-0.2, -0.15) is 0 Å². The molecule has 2 heterocycles. The van der Waals surface area contributed by atoms with Gasteiger partial charge in [-0.05, 0) is 13.1 Å². The number of hydrogen-bond acceptors (Lipinski definition) is 5. The summed E-state index contributed by atoms with van der Waals surface area (Å²) in [5.41, 5.74) is 1.05. The molecule has 1 fully saturated rings. The first-order chi connectivity index (χ1) is 9.81. The Hall–Kier alpha value is -1.08. The number of aromatic nitrogens is 1. The predicted octanol–water partition coefficient (Wildman–Crippen LogP) is 0.987. The van der Waals surface area contributed by atoms with E-state index in [9.17, 15) is 4.79 Å². The van der Waals surface area contributed by atoms with Crippen LogP contribution in [-0.2, 0) is 16.1 Å². The van der Waals surface area contributed by atoms with Gasteiger partial charge in [-0.1, -0.05) is 6.07 Å². The largest absolute Gasteiger partial charge is 0.378 e. The topological polar surface area (TPSA) is 66.5 Å². The van der Waals surface area contributed by atoms with E-state index in [1.54, 1.807) is 6.20 Å². The molecule has 1 saturated heterocycles. The van der Waals surface area contributed by atoms with Crippen LogP contribution >= 0.6 is 24.8 Å². The minimum Gasteiger partial charge on any atom is -0.378 e. The molecular formula is C14H24Cl2N4O2. The molecule has 1 aromatic heterocycles.